The molecule has 0 bridgehead atoms. The van der Waals surface area contributed by atoms with E-state index >= 15 is 0 Å². The van der Waals surface area contributed by atoms with Gasteiger partial charge in [0.2, 0.25) is 5.91 Å². The Balaban J connectivity index is 2.29. The summed E-state index contributed by atoms with van der Waals surface area (Å²) in [6, 6.07) is 0.613. The Morgan fingerprint density at radius 1 is 1.10 bits per heavy atom. The summed E-state index contributed by atoms with van der Waals surface area (Å²) in [6.07, 6.45) is 7.18. The van der Waals surface area contributed by atoms with Gasteiger partial charge in [0, 0.05) is 32.1 Å². The van der Waals surface area contributed by atoms with Crippen molar-refractivity contribution >= 4 is 5.91 Å². The zero-order valence-corrected chi connectivity index (χ0v) is 14.9. The molecular weight excluding hydrogens is 260 g/mol. The number of hydrogen-bond acceptors (Lipinski definition) is 2. The first-order valence-corrected chi connectivity index (χ1v) is 8.89. The van der Waals surface area contributed by atoms with Crippen molar-refractivity contribution in [2.45, 2.75) is 79.2 Å². The third-order valence-corrected chi connectivity index (χ3v) is 5.08. The summed E-state index contributed by atoms with van der Waals surface area (Å²) in [5.74, 6) is 1.13. The molecule has 3 heteroatoms. The highest BCUT2D eigenvalue weighted by atomic mass is 16.2. The van der Waals surface area contributed by atoms with Crippen LogP contribution in [0.1, 0.15) is 73.1 Å². The molecule has 1 N–H and O–H groups in total. The molecule has 1 aliphatic rings. The van der Waals surface area contributed by atoms with Crippen molar-refractivity contribution in [3.8, 4) is 0 Å². The molecule has 1 saturated carbocycles. The summed E-state index contributed by atoms with van der Waals surface area (Å²) in [4.78, 5) is 13.9. The number of nitrogens with zero attached hydrogens (tertiary/aromatic N) is 1. The quantitative estimate of drug-likeness (QED) is 0.756. The molecule has 0 aromatic rings. The predicted molar refractivity (Wildman–Crippen MR) is 90.4 cm³/mol. The van der Waals surface area contributed by atoms with Crippen LogP contribution in [0, 0.1) is 11.3 Å². The van der Waals surface area contributed by atoms with E-state index in [0.717, 1.165) is 25.6 Å². The minimum absolute atomic E-state index is 0.286. The van der Waals surface area contributed by atoms with E-state index in [1.807, 2.05) is 18.7 Å². The summed E-state index contributed by atoms with van der Waals surface area (Å²) in [5.41, 5.74) is 0.438. The van der Waals surface area contributed by atoms with Crippen molar-refractivity contribution < 1.29 is 4.79 Å². The molecule has 0 spiro atoms. The molecule has 21 heavy (non-hydrogen) atoms. The van der Waals surface area contributed by atoms with Crippen LogP contribution in [-0.4, -0.2) is 36.5 Å². The number of carbonyl (C=O) groups is 1. The molecule has 2 unspecified atom stereocenters. The molecule has 124 valence electrons. The third-order valence-electron chi connectivity index (χ3n) is 5.08. The van der Waals surface area contributed by atoms with Crippen LogP contribution in [0.5, 0.6) is 0 Å². The van der Waals surface area contributed by atoms with Gasteiger partial charge in [-0.15, -0.1) is 0 Å². The van der Waals surface area contributed by atoms with Gasteiger partial charge >= 0.3 is 0 Å². The number of rotatable bonds is 6. The Hall–Kier alpha value is -0.570. The Labute approximate surface area is 131 Å². The van der Waals surface area contributed by atoms with Crippen LogP contribution in [0.4, 0.5) is 0 Å². The second kappa shape index (κ2) is 8.77. The monoisotopic (exact) mass is 296 g/mol. The predicted octanol–water partition coefficient (Wildman–Crippen LogP) is 3.83. The SMILES string of the molecule is CCN(CC)C(=O)CCNC1CCCC(C(C)(C)C)CC1. The van der Waals surface area contributed by atoms with Crippen LogP contribution in [0.15, 0.2) is 0 Å². The Morgan fingerprint density at radius 3 is 2.33 bits per heavy atom. The standard InChI is InChI=1S/C18H36N2O/c1-6-20(7-2)17(21)13-14-19-16-10-8-9-15(11-12-16)18(3,4)5/h15-16,19H,6-14H2,1-5H3. The highest BCUT2D eigenvalue weighted by Crippen LogP contribution is 2.36. The fourth-order valence-electron chi connectivity index (χ4n) is 3.49. The van der Waals surface area contributed by atoms with E-state index < -0.39 is 0 Å². The van der Waals surface area contributed by atoms with E-state index in [-0.39, 0.29) is 5.91 Å². The maximum absolute atomic E-state index is 12.0. The average Bonchev–Trinajstić information content (AvgIpc) is 2.65. The maximum atomic E-state index is 12.0. The lowest BCUT2D eigenvalue weighted by molar-refractivity contribution is -0.130. The second-order valence-electron chi connectivity index (χ2n) is 7.54. The molecule has 0 aromatic carbocycles. The van der Waals surface area contributed by atoms with E-state index in [0.29, 0.717) is 17.9 Å². The van der Waals surface area contributed by atoms with Gasteiger partial charge in [-0.25, -0.2) is 0 Å². The summed E-state index contributed by atoms with van der Waals surface area (Å²) in [6.45, 7) is 13.7. The van der Waals surface area contributed by atoms with Gasteiger partial charge in [-0.2, -0.15) is 0 Å². The largest absolute Gasteiger partial charge is 0.343 e. The van der Waals surface area contributed by atoms with E-state index in [1.165, 1.54) is 32.1 Å². The maximum Gasteiger partial charge on any atom is 0.223 e. The van der Waals surface area contributed by atoms with Crippen molar-refractivity contribution in [3.63, 3.8) is 0 Å². The first-order valence-electron chi connectivity index (χ1n) is 8.89. The third kappa shape index (κ3) is 6.37. The lowest BCUT2D eigenvalue weighted by Crippen LogP contribution is -2.35. The van der Waals surface area contributed by atoms with Gasteiger partial charge in [0.15, 0.2) is 0 Å². The van der Waals surface area contributed by atoms with Gasteiger partial charge in [0.25, 0.3) is 0 Å². The van der Waals surface area contributed by atoms with Crippen LogP contribution in [0.2, 0.25) is 0 Å². The first-order chi connectivity index (χ1) is 9.88. The van der Waals surface area contributed by atoms with Crippen molar-refractivity contribution in [2.75, 3.05) is 19.6 Å². The van der Waals surface area contributed by atoms with Gasteiger partial charge in [0.05, 0.1) is 0 Å². The van der Waals surface area contributed by atoms with Crippen molar-refractivity contribution in [1.82, 2.24) is 10.2 Å². The van der Waals surface area contributed by atoms with E-state index in [4.69, 9.17) is 0 Å². The average molecular weight is 296 g/mol. The van der Waals surface area contributed by atoms with E-state index in [1.54, 1.807) is 0 Å². The zero-order valence-electron chi connectivity index (χ0n) is 14.9. The summed E-state index contributed by atoms with van der Waals surface area (Å²) >= 11 is 0. The van der Waals surface area contributed by atoms with Crippen LogP contribution < -0.4 is 5.32 Å². The molecule has 0 heterocycles. The Bertz CT molecular complexity index is 305. The minimum atomic E-state index is 0.286. The van der Waals surface area contributed by atoms with Gasteiger partial charge < -0.3 is 10.2 Å². The normalized spacial score (nSPS) is 23.7. The number of carbonyl (C=O) groups excluding carboxylic acids is 1. The van der Waals surface area contributed by atoms with Gasteiger partial charge in [-0.05, 0) is 50.9 Å². The van der Waals surface area contributed by atoms with Crippen LogP contribution in [0.3, 0.4) is 0 Å². The lowest BCUT2D eigenvalue weighted by Gasteiger charge is -2.29. The van der Waals surface area contributed by atoms with Crippen molar-refractivity contribution in [1.29, 1.82) is 0 Å². The molecule has 1 fully saturated rings. The minimum Gasteiger partial charge on any atom is -0.343 e. The number of nitrogens with one attached hydrogen (secondary N) is 1. The van der Waals surface area contributed by atoms with Gasteiger partial charge in [-0.1, -0.05) is 27.2 Å². The molecule has 1 amide bonds. The van der Waals surface area contributed by atoms with Crippen molar-refractivity contribution in [2.24, 2.45) is 11.3 Å². The van der Waals surface area contributed by atoms with Crippen LogP contribution in [-0.2, 0) is 4.79 Å². The molecule has 1 rings (SSSR count). The van der Waals surface area contributed by atoms with Gasteiger partial charge in [0.1, 0.15) is 0 Å². The fourth-order valence-corrected chi connectivity index (χ4v) is 3.49. The highest BCUT2D eigenvalue weighted by molar-refractivity contribution is 5.76. The van der Waals surface area contributed by atoms with Crippen molar-refractivity contribution in [3.05, 3.63) is 0 Å². The molecule has 0 radical (unpaired) electrons. The van der Waals surface area contributed by atoms with Crippen LogP contribution in [0.25, 0.3) is 0 Å². The number of hydrogen-bond donors (Lipinski definition) is 1. The molecule has 1 aliphatic carbocycles. The topological polar surface area (TPSA) is 32.3 Å². The summed E-state index contributed by atoms with van der Waals surface area (Å²) in [7, 11) is 0. The molecule has 0 aliphatic heterocycles. The van der Waals surface area contributed by atoms with Gasteiger partial charge in [-0.3, -0.25) is 4.79 Å². The molecule has 2 atom stereocenters. The smallest absolute Gasteiger partial charge is 0.223 e. The fraction of sp³-hybridized carbons (Fsp3) is 0.944. The van der Waals surface area contributed by atoms with E-state index in [2.05, 4.69) is 26.1 Å². The molecular formula is C18H36N2O. The Kier molecular flexibility index (Phi) is 7.72. The Morgan fingerprint density at radius 2 is 1.76 bits per heavy atom. The molecule has 0 saturated heterocycles. The highest BCUT2D eigenvalue weighted by Gasteiger charge is 2.27. The molecule has 3 nitrogen and oxygen atoms in total. The van der Waals surface area contributed by atoms with Crippen LogP contribution >= 0.6 is 0 Å². The summed E-state index contributed by atoms with van der Waals surface area (Å²) < 4.78 is 0. The first kappa shape index (κ1) is 18.5. The lowest BCUT2D eigenvalue weighted by atomic mass is 9.76. The second-order valence-corrected chi connectivity index (χ2v) is 7.54. The molecule has 0 aromatic heterocycles. The zero-order chi connectivity index (χ0) is 15.9. The summed E-state index contributed by atoms with van der Waals surface area (Å²) in [5, 5.41) is 3.62. The van der Waals surface area contributed by atoms with E-state index in [9.17, 15) is 4.79 Å². The number of amides is 1.